The van der Waals surface area contributed by atoms with E-state index in [1.165, 1.54) is 0 Å². The number of hydrogen-bond donors (Lipinski definition) is 2. The third kappa shape index (κ3) is 0.515. The molecule has 7 heavy (non-hydrogen) atoms. The molecule has 1 fully saturated rings. The van der Waals surface area contributed by atoms with Crippen molar-refractivity contribution in [1.29, 1.82) is 0 Å². The molecule has 1 aliphatic carbocycles. The lowest BCUT2D eigenvalue weighted by Crippen LogP contribution is -2.22. The van der Waals surface area contributed by atoms with Gasteiger partial charge in [0.15, 0.2) is 5.66 Å². The zero-order valence-electron chi connectivity index (χ0n) is 3.66. The van der Waals surface area contributed by atoms with Gasteiger partial charge in [0.1, 0.15) is 0 Å². The van der Waals surface area contributed by atoms with Crippen LogP contribution in [0, 0.1) is 4.91 Å². The van der Waals surface area contributed by atoms with Crippen molar-refractivity contribution in [2.24, 2.45) is 10.9 Å². The minimum Gasteiger partial charge on any atom is -0.389 e. The quantitative estimate of drug-likeness (QED) is 0.424. The van der Waals surface area contributed by atoms with E-state index in [4.69, 9.17) is 10.8 Å². The second kappa shape index (κ2) is 1.02. The Morgan fingerprint density at radius 1 is 2.00 bits per heavy atom. The summed E-state index contributed by atoms with van der Waals surface area (Å²) in [7, 11) is 0. The molecule has 40 valence electrons. The third-order valence-electron chi connectivity index (χ3n) is 1.11. The lowest BCUT2D eigenvalue weighted by Gasteiger charge is -1.89. The normalized spacial score (nSPS) is 48.6. The summed E-state index contributed by atoms with van der Waals surface area (Å²) in [4.78, 5) is 9.56. The highest BCUT2D eigenvalue weighted by atomic mass is 16.3. The van der Waals surface area contributed by atoms with E-state index in [0.29, 0.717) is 6.42 Å². The first-order valence-corrected chi connectivity index (χ1v) is 2.00. The molecule has 1 rings (SSSR count). The Morgan fingerprint density at radius 3 is 2.43 bits per heavy atom. The van der Waals surface area contributed by atoms with E-state index < -0.39 is 11.8 Å². The molecule has 2 unspecified atom stereocenters. The van der Waals surface area contributed by atoms with Crippen LogP contribution in [0.4, 0.5) is 0 Å². The van der Waals surface area contributed by atoms with Gasteiger partial charge in [-0.15, -0.1) is 4.91 Å². The van der Waals surface area contributed by atoms with Crippen molar-refractivity contribution < 1.29 is 5.11 Å². The monoisotopic (exact) mass is 102 g/mol. The molecule has 0 aromatic rings. The molecule has 0 saturated heterocycles. The smallest absolute Gasteiger partial charge is 0.179 e. The number of aliphatic hydroxyl groups excluding tert-OH is 1. The zero-order valence-corrected chi connectivity index (χ0v) is 3.66. The molecule has 0 amide bonds. The van der Waals surface area contributed by atoms with Gasteiger partial charge in [0.25, 0.3) is 0 Å². The third-order valence-corrected chi connectivity index (χ3v) is 1.11. The van der Waals surface area contributed by atoms with Crippen molar-refractivity contribution in [3.63, 3.8) is 0 Å². The Bertz CT molecular complexity index is 105. The molecule has 0 bridgehead atoms. The van der Waals surface area contributed by atoms with Gasteiger partial charge < -0.3 is 10.8 Å². The van der Waals surface area contributed by atoms with Crippen LogP contribution in [-0.4, -0.2) is 16.9 Å². The summed E-state index contributed by atoms with van der Waals surface area (Å²) in [6, 6.07) is 0. The molecule has 0 spiro atoms. The topological polar surface area (TPSA) is 75.7 Å². The molecule has 0 heterocycles. The van der Waals surface area contributed by atoms with Gasteiger partial charge in [-0.2, -0.15) is 0 Å². The average molecular weight is 102 g/mol. The van der Waals surface area contributed by atoms with Crippen LogP contribution in [0.5, 0.6) is 0 Å². The SMILES string of the molecule is NC1(N=O)CC1O. The van der Waals surface area contributed by atoms with Crippen LogP contribution in [0.2, 0.25) is 0 Å². The molecule has 2 atom stereocenters. The maximum atomic E-state index is 9.56. The fraction of sp³-hybridized carbons (Fsp3) is 1.00. The molecule has 3 N–H and O–H groups in total. The van der Waals surface area contributed by atoms with Crippen LogP contribution in [0.3, 0.4) is 0 Å². The number of hydrogen-bond acceptors (Lipinski definition) is 4. The first-order chi connectivity index (χ1) is 3.19. The molecule has 0 aromatic carbocycles. The Hall–Kier alpha value is -0.480. The Labute approximate surface area is 40.3 Å². The Balaban J connectivity index is 2.51. The summed E-state index contributed by atoms with van der Waals surface area (Å²) in [5.41, 5.74) is 3.94. The molecule has 4 nitrogen and oxygen atoms in total. The minimum absolute atomic E-state index is 0.316. The number of nitrogens with two attached hydrogens (primary N) is 1. The van der Waals surface area contributed by atoms with Gasteiger partial charge in [-0.3, -0.25) is 0 Å². The lowest BCUT2D eigenvalue weighted by atomic mass is 10.6. The Kier molecular flexibility index (Phi) is 0.680. The first kappa shape index (κ1) is 4.67. The first-order valence-electron chi connectivity index (χ1n) is 2.00. The Morgan fingerprint density at radius 2 is 2.43 bits per heavy atom. The average Bonchev–Trinajstić information content (AvgIpc) is 2.18. The van der Waals surface area contributed by atoms with Gasteiger partial charge in [-0.1, -0.05) is 0 Å². The maximum absolute atomic E-state index is 9.56. The summed E-state index contributed by atoms with van der Waals surface area (Å²) >= 11 is 0. The molecule has 0 aliphatic heterocycles. The van der Waals surface area contributed by atoms with Gasteiger partial charge in [0.2, 0.25) is 0 Å². The van der Waals surface area contributed by atoms with Crippen molar-refractivity contribution in [2.45, 2.75) is 18.2 Å². The number of nitrogens with zero attached hydrogens (tertiary/aromatic N) is 1. The van der Waals surface area contributed by atoms with E-state index in [0.717, 1.165) is 0 Å². The standard InChI is InChI=1S/C3H6N2O2/c4-3(5-7)1-2(3)6/h2,6H,1,4H2. The van der Waals surface area contributed by atoms with Crippen molar-refractivity contribution in [3.8, 4) is 0 Å². The molecular weight excluding hydrogens is 96.0 g/mol. The van der Waals surface area contributed by atoms with E-state index in [-0.39, 0.29) is 0 Å². The second-order valence-corrected chi connectivity index (χ2v) is 1.80. The summed E-state index contributed by atoms with van der Waals surface area (Å²) in [5, 5.41) is 11.0. The highest BCUT2D eigenvalue weighted by molar-refractivity contribution is 5.06. The lowest BCUT2D eigenvalue weighted by molar-refractivity contribution is 0.250. The largest absolute Gasteiger partial charge is 0.389 e. The predicted octanol–water partition coefficient (Wildman–Crippen LogP) is -0.828. The van der Waals surface area contributed by atoms with Crippen LogP contribution in [-0.2, 0) is 0 Å². The van der Waals surface area contributed by atoms with Crippen LogP contribution < -0.4 is 5.73 Å². The number of nitroso groups, excluding NO2 is 1. The molecule has 1 aliphatic rings. The van der Waals surface area contributed by atoms with E-state index in [1.807, 2.05) is 0 Å². The maximum Gasteiger partial charge on any atom is 0.179 e. The van der Waals surface area contributed by atoms with Crippen LogP contribution in [0.25, 0.3) is 0 Å². The van der Waals surface area contributed by atoms with Crippen molar-refractivity contribution in [1.82, 2.24) is 0 Å². The van der Waals surface area contributed by atoms with E-state index in [1.54, 1.807) is 0 Å². The fourth-order valence-electron chi connectivity index (χ4n) is 0.349. The minimum atomic E-state index is -1.12. The van der Waals surface area contributed by atoms with Gasteiger partial charge in [0, 0.05) is 6.42 Å². The van der Waals surface area contributed by atoms with E-state index >= 15 is 0 Å². The van der Waals surface area contributed by atoms with Crippen molar-refractivity contribution in [2.75, 3.05) is 0 Å². The highest BCUT2D eigenvalue weighted by Gasteiger charge is 2.52. The summed E-state index contributed by atoms with van der Waals surface area (Å²) in [6.07, 6.45) is -0.374. The van der Waals surface area contributed by atoms with Gasteiger partial charge >= 0.3 is 0 Å². The highest BCUT2D eigenvalue weighted by Crippen LogP contribution is 2.33. The fourth-order valence-corrected chi connectivity index (χ4v) is 0.349. The molecule has 4 heteroatoms. The van der Waals surface area contributed by atoms with Gasteiger partial charge in [-0.25, -0.2) is 0 Å². The number of rotatable bonds is 1. The van der Waals surface area contributed by atoms with Crippen LogP contribution >= 0.6 is 0 Å². The van der Waals surface area contributed by atoms with Crippen LogP contribution in [0.1, 0.15) is 6.42 Å². The van der Waals surface area contributed by atoms with E-state index in [2.05, 4.69) is 5.18 Å². The van der Waals surface area contributed by atoms with Crippen LogP contribution in [0.15, 0.2) is 5.18 Å². The summed E-state index contributed by atoms with van der Waals surface area (Å²) < 4.78 is 0. The molecule has 1 saturated carbocycles. The predicted molar refractivity (Wildman–Crippen MR) is 23.3 cm³/mol. The van der Waals surface area contributed by atoms with Gasteiger partial charge in [-0.05, 0) is 5.18 Å². The summed E-state index contributed by atoms with van der Waals surface area (Å²) in [5.74, 6) is 0. The second-order valence-electron chi connectivity index (χ2n) is 1.80. The van der Waals surface area contributed by atoms with E-state index in [9.17, 15) is 4.91 Å². The molecule has 0 radical (unpaired) electrons. The number of aliphatic hydroxyl groups is 1. The van der Waals surface area contributed by atoms with Crippen molar-refractivity contribution >= 4 is 0 Å². The molecule has 0 aromatic heterocycles. The summed E-state index contributed by atoms with van der Waals surface area (Å²) in [6.45, 7) is 0. The molecular formula is C3H6N2O2. The van der Waals surface area contributed by atoms with Crippen molar-refractivity contribution in [3.05, 3.63) is 4.91 Å². The zero-order chi connectivity index (χ0) is 5.49. The van der Waals surface area contributed by atoms with Gasteiger partial charge in [0.05, 0.1) is 6.10 Å².